The van der Waals surface area contributed by atoms with Crippen LogP contribution in [-0.4, -0.2) is 10.9 Å². The van der Waals surface area contributed by atoms with E-state index in [0.29, 0.717) is 16.5 Å². The van der Waals surface area contributed by atoms with Crippen molar-refractivity contribution in [3.63, 3.8) is 0 Å². The molecule has 17 heavy (non-hydrogen) atoms. The second-order valence-corrected chi connectivity index (χ2v) is 5.17. The zero-order chi connectivity index (χ0) is 12.6. The third-order valence-electron chi connectivity index (χ3n) is 2.63. The van der Waals surface area contributed by atoms with E-state index in [9.17, 15) is 4.79 Å². The number of rotatable bonds is 2. The Kier molecular flexibility index (Phi) is 3.02. The monoisotopic (exact) mass is 250 g/mol. The second kappa shape index (κ2) is 4.33. The fourth-order valence-electron chi connectivity index (χ4n) is 1.60. The molecule has 0 radical (unpaired) electrons. The summed E-state index contributed by atoms with van der Waals surface area (Å²) in [5.41, 5.74) is 2.38. The highest BCUT2D eigenvalue weighted by Gasteiger charge is 2.17. The first-order valence-corrected chi connectivity index (χ1v) is 6.10. The molecule has 0 saturated heterocycles. The topological polar surface area (TPSA) is 55.1 Å². The van der Waals surface area contributed by atoms with Gasteiger partial charge in [-0.05, 0) is 27.7 Å². The Morgan fingerprint density at radius 3 is 2.53 bits per heavy atom. The molecule has 5 heteroatoms. The first-order chi connectivity index (χ1) is 7.99. The molecule has 0 aliphatic rings. The molecule has 90 valence electrons. The fraction of sp³-hybridized carbons (Fsp3) is 0.333. The highest BCUT2D eigenvalue weighted by Crippen LogP contribution is 2.23. The molecular weight excluding hydrogens is 236 g/mol. The number of hydrogen-bond donors (Lipinski definition) is 1. The maximum atomic E-state index is 12.0. The summed E-state index contributed by atoms with van der Waals surface area (Å²) in [7, 11) is 0. The fourth-order valence-corrected chi connectivity index (χ4v) is 2.41. The molecule has 2 rings (SSSR count). The van der Waals surface area contributed by atoms with Crippen molar-refractivity contribution in [2.24, 2.45) is 0 Å². The molecule has 0 aliphatic carbocycles. The minimum Gasteiger partial charge on any atom is -0.469 e. The van der Waals surface area contributed by atoms with E-state index in [1.807, 2.05) is 20.8 Å². The number of aromatic nitrogens is 1. The second-order valence-electron chi connectivity index (χ2n) is 3.96. The van der Waals surface area contributed by atoms with E-state index in [1.165, 1.54) is 11.3 Å². The summed E-state index contributed by atoms with van der Waals surface area (Å²) in [6.07, 6.45) is 1.59. The van der Waals surface area contributed by atoms with E-state index in [2.05, 4.69) is 10.3 Å². The number of furan rings is 1. The number of aryl methyl sites for hydroxylation is 4. The molecule has 0 fully saturated rings. The summed E-state index contributed by atoms with van der Waals surface area (Å²) in [6, 6.07) is 0. The van der Waals surface area contributed by atoms with Gasteiger partial charge in [-0.15, -0.1) is 11.3 Å². The molecule has 0 unspecified atom stereocenters. The predicted octanol–water partition coefficient (Wildman–Crippen LogP) is 3.22. The van der Waals surface area contributed by atoms with E-state index in [0.717, 1.165) is 16.1 Å². The van der Waals surface area contributed by atoms with E-state index in [1.54, 1.807) is 13.2 Å². The number of anilines is 1. The first kappa shape index (κ1) is 11.9. The van der Waals surface area contributed by atoms with Gasteiger partial charge < -0.3 is 4.42 Å². The van der Waals surface area contributed by atoms with Gasteiger partial charge in [-0.2, -0.15) is 0 Å². The van der Waals surface area contributed by atoms with Crippen molar-refractivity contribution in [3.05, 3.63) is 33.7 Å². The van der Waals surface area contributed by atoms with Gasteiger partial charge in [-0.25, -0.2) is 4.98 Å². The first-order valence-electron chi connectivity index (χ1n) is 5.29. The van der Waals surface area contributed by atoms with Gasteiger partial charge in [0.1, 0.15) is 5.76 Å². The zero-order valence-electron chi connectivity index (χ0n) is 10.2. The van der Waals surface area contributed by atoms with Crippen LogP contribution in [0, 0.1) is 27.7 Å². The van der Waals surface area contributed by atoms with Crippen LogP contribution in [-0.2, 0) is 0 Å². The van der Waals surface area contributed by atoms with E-state index in [-0.39, 0.29) is 5.91 Å². The van der Waals surface area contributed by atoms with Gasteiger partial charge in [-0.1, -0.05) is 0 Å². The van der Waals surface area contributed by atoms with Crippen LogP contribution in [0.15, 0.2) is 10.7 Å². The van der Waals surface area contributed by atoms with Crippen LogP contribution >= 0.6 is 11.3 Å². The largest absolute Gasteiger partial charge is 0.469 e. The lowest BCUT2D eigenvalue weighted by atomic mass is 10.1. The molecule has 0 aliphatic heterocycles. The quantitative estimate of drug-likeness (QED) is 0.890. The van der Waals surface area contributed by atoms with Crippen molar-refractivity contribution >= 4 is 22.4 Å². The van der Waals surface area contributed by atoms with Crippen LogP contribution in [0.4, 0.5) is 5.13 Å². The van der Waals surface area contributed by atoms with Crippen molar-refractivity contribution in [3.8, 4) is 0 Å². The molecule has 2 aromatic heterocycles. The van der Waals surface area contributed by atoms with E-state index < -0.39 is 0 Å². The van der Waals surface area contributed by atoms with Gasteiger partial charge in [0, 0.05) is 10.4 Å². The third kappa shape index (κ3) is 2.24. The summed E-state index contributed by atoms with van der Waals surface area (Å²) in [6.45, 7) is 7.54. The summed E-state index contributed by atoms with van der Waals surface area (Å²) in [5, 5.41) is 3.43. The third-order valence-corrected chi connectivity index (χ3v) is 3.62. The number of carbonyl (C=O) groups excluding carboxylic acids is 1. The molecule has 0 atom stereocenters. The van der Waals surface area contributed by atoms with Gasteiger partial charge in [0.15, 0.2) is 5.13 Å². The number of nitrogens with zero attached hydrogens (tertiary/aromatic N) is 1. The van der Waals surface area contributed by atoms with Crippen LogP contribution < -0.4 is 5.32 Å². The number of amides is 1. The summed E-state index contributed by atoms with van der Waals surface area (Å²) in [4.78, 5) is 17.4. The van der Waals surface area contributed by atoms with E-state index in [4.69, 9.17) is 4.42 Å². The molecule has 1 N–H and O–H groups in total. The Balaban J connectivity index is 2.23. The van der Waals surface area contributed by atoms with Crippen molar-refractivity contribution in [1.82, 2.24) is 4.98 Å². The van der Waals surface area contributed by atoms with Crippen LogP contribution in [0.2, 0.25) is 0 Å². The van der Waals surface area contributed by atoms with Crippen LogP contribution in [0.5, 0.6) is 0 Å². The standard InChI is InChI=1S/C12H14N2O2S/c1-6-5-16-8(3)10(6)11(15)14-12-13-7(2)9(4)17-12/h5H,1-4H3,(H,13,14,15). The SMILES string of the molecule is Cc1coc(C)c1C(=O)Nc1nc(C)c(C)s1. The minimum atomic E-state index is -0.164. The average Bonchev–Trinajstić information content (AvgIpc) is 2.72. The van der Waals surface area contributed by atoms with Crippen molar-refractivity contribution in [2.45, 2.75) is 27.7 Å². The lowest BCUT2D eigenvalue weighted by Gasteiger charge is -2.01. The van der Waals surface area contributed by atoms with Crippen molar-refractivity contribution in [1.29, 1.82) is 0 Å². The maximum Gasteiger partial charge on any atom is 0.261 e. The number of nitrogens with one attached hydrogen (secondary N) is 1. The molecule has 0 saturated carbocycles. The Bertz CT molecular complexity index is 530. The van der Waals surface area contributed by atoms with Gasteiger partial charge >= 0.3 is 0 Å². The normalized spacial score (nSPS) is 10.6. The molecule has 0 spiro atoms. The highest BCUT2D eigenvalue weighted by atomic mass is 32.1. The number of hydrogen-bond acceptors (Lipinski definition) is 4. The maximum absolute atomic E-state index is 12.0. The summed E-state index contributed by atoms with van der Waals surface area (Å²) >= 11 is 1.48. The molecular formula is C12H14N2O2S. The van der Waals surface area contributed by atoms with Crippen LogP contribution in [0.1, 0.15) is 32.3 Å². The smallest absolute Gasteiger partial charge is 0.261 e. The van der Waals surface area contributed by atoms with Gasteiger partial charge in [-0.3, -0.25) is 10.1 Å². The predicted molar refractivity (Wildman–Crippen MR) is 67.7 cm³/mol. The number of carbonyl (C=O) groups is 1. The van der Waals surface area contributed by atoms with Gasteiger partial charge in [0.05, 0.1) is 17.5 Å². The molecule has 2 aromatic rings. The lowest BCUT2D eigenvalue weighted by molar-refractivity contribution is 0.102. The molecule has 2 heterocycles. The molecule has 4 nitrogen and oxygen atoms in total. The van der Waals surface area contributed by atoms with E-state index >= 15 is 0 Å². The van der Waals surface area contributed by atoms with Crippen molar-refractivity contribution < 1.29 is 9.21 Å². The Labute approximate surface area is 104 Å². The Hall–Kier alpha value is -1.62. The minimum absolute atomic E-state index is 0.164. The summed E-state index contributed by atoms with van der Waals surface area (Å²) < 4.78 is 5.21. The molecule has 1 amide bonds. The average molecular weight is 250 g/mol. The Morgan fingerprint density at radius 1 is 1.35 bits per heavy atom. The van der Waals surface area contributed by atoms with Crippen molar-refractivity contribution in [2.75, 3.05) is 5.32 Å². The summed E-state index contributed by atoms with van der Waals surface area (Å²) in [5.74, 6) is 0.465. The Morgan fingerprint density at radius 2 is 2.06 bits per heavy atom. The molecule has 0 aromatic carbocycles. The number of thiazole rings is 1. The van der Waals surface area contributed by atoms with Crippen LogP contribution in [0.3, 0.4) is 0 Å². The highest BCUT2D eigenvalue weighted by molar-refractivity contribution is 7.15. The lowest BCUT2D eigenvalue weighted by Crippen LogP contribution is -2.13. The zero-order valence-corrected chi connectivity index (χ0v) is 11.1. The van der Waals surface area contributed by atoms with Gasteiger partial charge in [0.25, 0.3) is 5.91 Å². The van der Waals surface area contributed by atoms with Gasteiger partial charge in [0.2, 0.25) is 0 Å². The van der Waals surface area contributed by atoms with Crippen LogP contribution in [0.25, 0.3) is 0 Å². The molecule has 0 bridgehead atoms.